The molecular weight excluding hydrogens is 260 g/mol. The van der Waals surface area contributed by atoms with Crippen molar-refractivity contribution in [2.75, 3.05) is 7.11 Å². The summed E-state index contributed by atoms with van der Waals surface area (Å²) < 4.78 is 6.91. The molecule has 1 aromatic heterocycles. The second-order valence-electron chi connectivity index (χ2n) is 6.11. The van der Waals surface area contributed by atoms with E-state index in [-0.39, 0.29) is 11.8 Å². The Bertz CT molecular complexity index is 472. The number of carboxylic acid groups (broad SMARTS) is 1. The van der Waals surface area contributed by atoms with Gasteiger partial charge in [0.05, 0.1) is 19.1 Å². The first-order valence-corrected chi connectivity index (χ1v) is 6.94. The average Bonchev–Trinajstić information content (AvgIpc) is 2.93. The average molecular weight is 282 g/mol. The molecule has 1 aliphatic carbocycles. The van der Waals surface area contributed by atoms with E-state index in [1.165, 1.54) is 13.5 Å². The lowest BCUT2D eigenvalue weighted by atomic mass is 9.81. The number of hydrogen-bond donors (Lipinski definition) is 1. The normalized spacial score (nSPS) is 22.9. The minimum Gasteiger partial charge on any atom is -0.481 e. The molecule has 2 rings (SSSR count). The SMILES string of the molecule is COC(CC(=O)O)Cn1nnnc1C1CCCC1(C)C. The summed E-state index contributed by atoms with van der Waals surface area (Å²) in [5.41, 5.74) is 0.182. The van der Waals surface area contributed by atoms with Gasteiger partial charge in [-0.25, -0.2) is 4.68 Å². The van der Waals surface area contributed by atoms with Gasteiger partial charge in [-0.2, -0.15) is 0 Å². The monoisotopic (exact) mass is 282 g/mol. The smallest absolute Gasteiger partial charge is 0.306 e. The molecule has 7 nitrogen and oxygen atoms in total. The van der Waals surface area contributed by atoms with Crippen LogP contribution in [-0.2, 0) is 16.1 Å². The van der Waals surface area contributed by atoms with Crippen molar-refractivity contribution in [3.63, 3.8) is 0 Å². The quantitative estimate of drug-likeness (QED) is 0.849. The van der Waals surface area contributed by atoms with Gasteiger partial charge in [-0.3, -0.25) is 4.79 Å². The maximum absolute atomic E-state index is 10.8. The van der Waals surface area contributed by atoms with Crippen LogP contribution in [0.2, 0.25) is 0 Å². The number of carboxylic acids is 1. The van der Waals surface area contributed by atoms with Crippen LogP contribution in [-0.4, -0.2) is 44.5 Å². The van der Waals surface area contributed by atoms with Crippen molar-refractivity contribution < 1.29 is 14.6 Å². The summed E-state index contributed by atoms with van der Waals surface area (Å²) >= 11 is 0. The highest BCUT2D eigenvalue weighted by Gasteiger charge is 2.39. The Balaban J connectivity index is 2.14. The third-order valence-corrected chi connectivity index (χ3v) is 4.24. The van der Waals surface area contributed by atoms with Crippen molar-refractivity contribution in [1.29, 1.82) is 0 Å². The summed E-state index contributed by atoms with van der Waals surface area (Å²) in [7, 11) is 1.51. The third-order valence-electron chi connectivity index (χ3n) is 4.24. The second kappa shape index (κ2) is 5.87. The topological polar surface area (TPSA) is 90.1 Å². The van der Waals surface area contributed by atoms with E-state index in [1.54, 1.807) is 4.68 Å². The molecule has 112 valence electrons. The summed E-state index contributed by atoms with van der Waals surface area (Å²) in [4.78, 5) is 10.8. The molecule has 1 fully saturated rings. The fourth-order valence-corrected chi connectivity index (χ4v) is 3.01. The van der Waals surface area contributed by atoms with Gasteiger partial charge in [-0.05, 0) is 28.7 Å². The van der Waals surface area contributed by atoms with Crippen LogP contribution in [0.5, 0.6) is 0 Å². The van der Waals surface area contributed by atoms with Gasteiger partial charge in [0, 0.05) is 13.0 Å². The van der Waals surface area contributed by atoms with Crippen LogP contribution < -0.4 is 0 Å². The molecule has 0 radical (unpaired) electrons. The van der Waals surface area contributed by atoms with Crippen LogP contribution in [0, 0.1) is 5.41 Å². The lowest BCUT2D eigenvalue weighted by Crippen LogP contribution is -2.26. The van der Waals surface area contributed by atoms with E-state index in [0.717, 1.165) is 18.7 Å². The first-order chi connectivity index (χ1) is 9.44. The third kappa shape index (κ3) is 3.15. The molecule has 1 aromatic rings. The number of aromatic nitrogens is 4. The van der Waals surface area contributed by atoms with Gasteiger partial charge in [-0.1, -0.05) is 20.3 Å². The molecule has 1 heterocycles. The maximum atomic E-state index is 10.8. The van der Waals surface area contributed by atoms with E-state index >= 15 is 0 Å². The zero-order valence-electron chi connectivity index (χ0n) is 12.2. The number of methoxy groups -OCH3 is 1. The van der Waals surface area contributed by atoms with Crippen molar-refractivity contribution in [2.24, 2.45) is 5.41 Å². The van der Waals surface area contributed by atoms with Gasteiger partial charge in [0.2, 0.25) is 0 Å². The van der Waals surface area contributed by atoms with Crippen molar-refractivity contribution in [3.8, 4) is 0 Å². The van der Waals surface area contributed by atoms with Crippen molar-refractivity contribution >= 4 is 5.97 Å². The Hall–Kier alpha value is -1.50. The molecule has 0 aliphatic heterocycles. The Kier molecular flexibility index (Phi) is 4.37. The minimum absolute atomic E-state index is 0.0517. The standard InChI is InChI=1S/C13H22N4O3/c1-13(2)6-4-5-10(13)12-14-15-16-17(12)8-9(20-3)7-11(18)19/h9-10H,4-8H2,1-3H3,(H,18,19). The van der Waals surface area contributed by atoms with E-state index in [2.05, 4.69) is 29.4 Å². The van der Waals surface area contributed by atoms with Crippen molar-refractivity contribution in [2.45, 2.75) is 58.1 Å². The Morgan fingerprint density at radius 3 is 2.90 bits per heavy atom. The Morgan fingerprint density at radius 2 is 2.35 bits per heavy atom. The number of nitrogens with zero attached hydrogens (tertiary/aromatic N) is 4. The van der Waals surface area contributed by atoms with E-state index < -0.39 is 12.1 Å². The highest BCUT2D eigenvalue weighted by Crippen LogP contribution is 2.47. The predicted molar refractivity (Wildman–Crippen MR) is 71.2 cm³/mol. The fraction of sp³-hybridized carbons (Fsp3) is 0.846. The molecule has 1 N–H and O–H groups in total. The largest absolute Gasteiger partial charge is 0.481 e. The van der Waals surface area contributed by atoms with Crippen LogP contribution in [0.3, 0.4) is 0 Å². The van der Waals surface area contributed by atoms with Crippen LogP contribution >= 0.6 is 0 Å². The van der Waals surface area contributed by atoms with Crippen LogP contribution in [0.15, 0.2) is 0 Å². The van der Waals surface area contributed by atoms with Gasteiger partial charge < -0.3 is 9.84 Å². The highest BCUT2D eigenvalue weighted by atomic mass is 16.5. The lowest BCUT2D eigenvalue weighted by molar-refractivity contribution is -0.140. The summed E-state index contributed by atoms with van der Waals surface area (Å²) in [6, 6.07) is 0. The minimum atomic E-state index is -0.882. The van der Waals surface area contributed by atoms with E-state index in [4.69, 9.17) is 9.84 Å². The molecule has 0 bridgehead atoms. The second-order valence-corrected chi connectivity index (χ2v) is 6.11. The van der Waals surface area contributed by atoms with E-state index in [0.29, 0.717) is 12.5 Å². The molecule has 1 aliphatic rings. The molecule has 20 heavy (non-hydrogen) atoms. The molecule has 0 aromatic carbocycles. The molecule has 0 saturated heterocycles. The number of ether oxygens (including phenoxy) is 1. The fourth-order valence-electron chi connectivity index (χ4n) is 3.01. The van der Waals surface area contributed by atoms with E-state index in [9.17, 15) is 4.79 Å². The van der Waals surface area contributed by atoms with Crippen LogP contribution in [0.25, 0.3) is 0 Å². The van der Waals surface area contributed by atoms with Gasteiger partial charge in [0.1, 0.15) is 0 Å². The maximum Gasteiger partial charge on any atom is 0.306 e. The molecule has 2 atom stereocenters. The van der Waals surface area contributed by atoms with Crippen molar-refractivity contribution in [1.82, 2.24) is 20.2 Å². The van der Waals surface area contributed by atoms with Crippen LogP contribution in [0.1, 0.15) is 51.3 Å². The number of rotatable bonds is 6. The lowest BCUT2D eigenvalue weighted by Gasteiger charge is -2.26. The summed E-state index contributed by atoms with van der Waals surface area (Å²) in [6.07, 6.45) is 2.94. The molecule has 1 saturated carbocycles. The summed E-state index contributed by atoms with van der Waals surface area (Å²) in [5, 5.41) is 20.8. The van der Waals surface area contributed by atoms with Gasteiger partial charge in [-0.15, -0.1) is 5.10 Å². The Morgan fingerprint density at radius 1 is 1.60 bits per heavy atom. The van der Waals surface area contributed by atoms with Gasteiger partial charge >= 0.3 is 5.97 Å². The van der Waals surface area contributed by atoms with Gasteiger partial charge in [0.25, 0.3) is 0 Å². The molecule has 0 spiro atoms. The molecular formula is C13H22N4O3. The molecule has 2 unspecified atom stereocenters. The van der Waals surface area contributed by atoms with Crippen molar-refractivity contribution in [3.05, 3.63) is 5.82 Å². The number of tetrazole rings is 1. The van der Waals surface area contributed by atoms with Gasteiger partial charge in [0.15, 0.2) is 5.82 Å². The number of carbonyl (C=O) groups is 1. The number of hydrogen-bond acceptors (Lipinski definition) is 5. The zero-order chi connectivity index (χ0) is 14.8. The summed E-state index contributed by atoms with van der Waals surface area (Å²) in [5.74, 6) is 0.285. The summed E-state index contributed by atoms with van der Waals surface area (Å²) in [6.45, 7) is 4.83. The molecule has 7 heteroatoms. The molecule has 0 amide bonds. The zero-order valence-corrected chi connectivity index (χ0v) is 12.2. The number of aliphatic carboxylic acids is 1. The predicted octanol–water partition coefficient (Wildman–Crippen LogP) is 1.46. The Labute approximate surface area is 118 Å². The van der Waals surface area contributed by atoms with Crippen LogP contribution in [0.4, 0.5) is 0 Å². The first-order valence-electron chi connectivity index (χ1n) is 6.94. The van der Waals surface area contributed by atoms with E-state index in [1.807, 2.05) is 0 Å². The highest BCUT2D eigenvalue weighted by molar-refractivity contribution is 5.67. The first kappa shape index (κ1) is 14.9.